The summed E-state index contributed by atoms with van der Waals surface area (Å²) < 4.78 is 46.8. The molecule has 2 aromatic rings. The standard InChI is InChI=1S/C18H15Cl2F3N2O3/c1-2-28-16(27)17(18(21,22)23,24-12-7-5-6-11(19)10-12)25-15(26)13-8-3-4-9-14(13)20/h3-10,24H,2H2,1H3,(H,25,26). The number of ether oxygens (including phenoxy) is 1. The Hall–Kier alpha value is -2.45. The van der Waals surface area contributed by atoms with Crippen molar-refractivity contribution in [3.05, 3.63) is 64.1 Å². The maximum atomic E-state index is 14.1. The molecule has 0 aromatic heterocycles. The highest BCUT2D eigenvalue weighted by Crippen LogP contribution is 2.34. The zero-order valence-corrected chi connectivity index (χ0v) is 16.0. The molecule has 0 spiro atoms. The van der Waals surface area contributed by atoms with Crippen LogP contribution in [0.2, 0.25) is 10.0 Å². The Labute approximate surface area is 168 Å². The number of benzene rings is 2. The molecule has 0 saturated heterocycles. The second kappa shape index (κ2) is 8.70. The number of amides is 1. The summed E-state index contributed by atoms with van der Waals surface area (Å²) in [6, 6.07) is 10.7. The third-order valence-corrected chi connectivity index (χ3v) is 4.15. The van der Waals surface area contributed by atoms with Crippen LogP contribution in [0.3, 0.4) is 0 Å². The van der Waals surface area contributed by atoms with Crippen molar-refractivity contribution >= 4 is 40.8 Å². The molecule has 150 valence electrons. The van der Waals surface area contributed by atoms with Crippen molar-refractivity contribution in [3.63, 3.8) is 0 Å². The normalized spacial score (nSPS) is 13.4. The Morgan fingerprint density at radius 2 is 1.75 bits per heavy atom. The van der Waals surface area contributed by atoms with Gasteiger partial charge < -0.3 is 15.4 Å². The number of nitrogens with one attached hydrogen (secondary N) is 2. The van der Waals surface area contributed by atoms with Gasteiger partial charge in [0.25, 0.3) is 5.91 Å². The van der Waals surface area contributed by atoms with Gasteiger partial charge in [-0.1, -0.05) is 41.4 Å². The Kier molecular flexibility index (Phi) is 6.79. The molecule has 1 atom stereocenters. The first-order chi connectivity index (χ1) is 13.1. The monoisotopic (exact) mass is 434 g/mol. The summed E-state index contributed by atoms with van der Waals surface area (Å²) in [6.07, 6.45) is -5.27. The van der Waals surface area contributed by atoms with E-state index in [2.05, 4.69) is 4.74 Å². The molecule has 0 heterocycles. The van der Waals surface area contributed by atoms with Crippen LogP contribution in [0.25, 0.3) is 0 Å². The largest absolute Gasteiger partial charge is 0.463 e. The average Bonchev–Trinajstić information content (AvgIpc) is 2.60. The minimum absolute atomic E-state index is 0.0808. The molecule has 10 heteroatoms. The van der Waals surface area contributed by atoms with Crippen molar-refractivity contribution in [2.45, 2.75) is 18.8 Å². The van der Waals surface area contributed by atoms with Crippen LogP contribution in [0, 0.1) is 0 Å². The number of carbonyl (C=O) groups excluding carboxylic acids is 2. The fraction of sp³-hybridized carbons (Fsp3) is 0.222. The number of esters is 1. The number of alkyl halides is 3. The van der Waals surface area contributed by atoms with Gasteiger partial charge in [-0.2, -0.15) is 13.2 Å². The average molecular weight is 435 g/mol. The lowest BCUT2D eigenvalue weighted by Crippen LogP contribution is -2.69. The fourth-order valence-electron chi connectivity index (χ4n) is 2.30. The number of hydrogen-bond acceptors (Lipinski definition) is 4. The summed E-state index contributed by atoms with van der Waals surface area (Å²) in [7, 11) is 0. The molecular weight excluding hydrogens is 420 g/mol. The molecule has 1 amide bonds. The number of carbonyl (C=O) groups is 2. The Morgan fingerprint density at radius 1 is 1.07 bits per heavy atom. The molecule has 0 aliphatic carbocycles. The smallest absolute Gasteiger partial charge is 0.441 e. The Balaban J connectivity index is 2.54. The van der Waals surface area contributed by atoms with Gasteiger partial charge in [0, 0.05) is 10.7 Å². The number of halogens is 5. The minimum atomic E-state index is -5.27. The zero-order chi connectivity index (χ0) is 20.9. The lowest BCUT2D eigenvalue weighted by Gasteiger charge is -2.35. The van der Waals surface area contributed by atoms with E-state index >= 15 is 0 Å². The quantitative estimate of drug-likeness (QED) is 0.512. The molecule has 0 bridgehead atoms. The van der Waals surface area contributed by atoms with E-state index in [9.17, 15) is 22.8 Å². The summed E-state index contributed by atoms with van der Waals surface area (Å²) in [5.74, 6) is -2.95. The molecule has 0 aliphatic heterocycles. The van der Waals surface area contributed by atoms with Crippen LogP contribution in [0.4, 0.5) is 18.9 Å². The first kappa shape index (κ1) is 21.8. The Bertz CT molecular complexity index is 877. The molecule has 2 aromatic carbocycles. The summed E-state index contributed by atoms with van der Waals surface area (Å²) in [5.41, 5.74) is -3.96. The third-order valence-electron chi connectivity index (χ3n) is 3.58. The van der Waals surface area contributed by atoms with Crippen LogP contribution in [-0.4, -0.2) is 30.3 Å². The van der Waals surface area contributed by atoms with E-state index in [-0.39, 0.29) is 27.9 Å². The molecule has 0 aliphatic rings. The molecule has 0 radical (unpaired) electrons. The second-order valence-corrected chi connectivity index (χ2v) is 6.38. The predicted octanol–water partition coefficient (Wildman–Crippen LogP) is 4.66. The van der Waals surface area contributed by atoms with Crippen LogP contribution >= 0.6 is 23.2 Å². The molecule has 28 heavy (non-hydrogen) atoms. The minimum Gasteiger partial charge on any atom is -0.463 e. The van der Waals surface area contributed by atoms with E-state index in [0.29, 0.717) is 0 Å². The van der Waals surface area contributed by atoms with Gasteiger partial charge in [0.2, 0.25) is 0 Å². The molecule has 2 N–H and O–H groups in total. The highest BCUT2D eigenvalue weighted by Gasteiger charge is 2.63. The SMILES string of the molecule is CCOC(=O)C(NC(=O)c1ccccc1Cl)(Nc1cccc(Cl)c1)C(F)(F)F. The highest BCUT2D eigenvalue weighted by molar-refractivity contribution is 6.34. The maximum Gasteiger partial charge on any atom is 0.441 e. The first-order valence-corrected chi connectivity index (χ1v) is 8.71. The summed E-state index contributed by atoms with van der Waals surface area (Å²) in [6.45, 7) is 1.00. The van der Waals surface area contributed by atoms with Gasteiger partial charge in [0.15, 0.2) is 0 Å². The molecule has 2 rings (SSSR count). The second-order valence-electron chi connectivity index (χ2n) is 5.54. The van der Waals surface area contributed by atoms with E-state index in [4.69, 9.17) is 23.2 Å². The van der Waals surface area contributed by atoms with Crippen molar-refractivity contribution in [2.24, 2.45) is 0 Å². The van der Waals surface area contributed by atoms with Gasteiger partial charge in [-0.15, -0.1) is 0 Å². The van der Waals surface area contributed by atoms with Crippen molar-refractivity contribution in [2.75, 3.05) is 11.9 Å². The van der Waals surface area contributed by atoms with Crippen LogP contribution in [0.15, 0.2) is 48.5 Å². The van der Waals surface area contributed by atoms with Gasteiger partial charge in [-0.25, -0.2) is 4.79 Å². The molecule has 1 unspecified atom stereocenters. The third kappa shape index (κ3) is 4.69. The number of hydrogen-bond donors (Lipinski definition) is 2. The summed E-state index contributed by atoms with van der Waals surface area (Å²) in [4.78, 5) is 24.9. The maximum absolute atomic E-state index is 14.1. The van der Waals surface area contributed by atoms with Gasteiger partial charge in [0.05, 0.1) is 17.2 Å². The topological polar surface area (TPSA) is 67.4 Å². The van der Waals surface area contributed by atoms with E-state index < -0.39 is 23.7 Å². The van der Waals surface area contributed by atoms with Crippen LogP contribution < -0.4 is 10.6 Å². The van der Waals surface area contributed by atoms with E-state index in [1.165, 1.54) is 55.5 Å². The van der Waals surface area contributed by atoms with E-state index in [0.717, 1.165) is 0 Å². The van der Waals surface area contributed by atoms with Gasteiger partial charge in [0.1, 0.15) is 0 Å². The van der Waals surface area contributed by atoms with E-state index in [1.54, 1.807) is 5.32 Å². The van der Waals surface area contributed by atoms with Gasteiger partial charge in [-0.05, 0) is 37.3 Å². The molecule has 0 fully saturated rings. The number of rotatable bonds is 6. The van der Waals surface area contributed by atoms with Crippen molar-refractivity contribution in [3.8, 4) is 0 Å². The summed E-state index contributed by atoms with van der Waals surface area (Å²) >= 11 is 11.7. The highest BCUT2D eigenvalue weighted by atomic mass is 35.5. The van der Waals surface area contributed by atoms with Crippen LogP contribution in [0.1, 0.15) is 17.3 Å². The van der Waals surface area contributed by atoms with Gasteiger partial charge >= 0.3 is 17.8 Å². The zero-order valence-electron chi connectivity index (χ0n) is 14.4. The van der Waals surface area contributed by atoms with Gasteiger partial charge in [-0.3, -0.25) is 4.79 Å². The fourth-order valence-corrected chi connectivity index (χ4v) is 2.71. The molecule has 5 nitrogen and oxygen atoms in total. The van der Waals surface area contributed by atoms with Crippen LogP contribution in [-0.2, 0) is 9.53 Å². The lowest BCUT2D eigenvalue weighted by atomic mass is 10.1. The first-order valence-electron chi connectivity index (χ1n) is 7.95. The summed E-state index contributed by atoms with van der Waals surface area (Å²) in [5, 5.41) is 3.77. The number of anilines is 1. The van der Waals surface area contributed by atoms with Crippen LogP contribution in [0.5, 0.6) is 0 Å². The molecular formula is C18H15Cl2F3N2O3. The molecule has 0 saturated carbocycles. The van der Waals surface area contributed by atoms with Crippen molar-refractivity contribution < 1.29 is 27.5 Å². The van der Waals surface area contributed by atoms with Crippen molar-refractivity contribution in [1.29, 1.82) is 0 Å². The van der Waals surface area contributed by atoms with Crippen molar-refractivity contribution in [1.82, 2.24) is 5.32 Å². The predicted molar refractivity (Wildman–Crippen MR) is 99.4 cm³/mol. The van der Waals surface area contributed by atoms with E-state index in [1.807, 2.05) is 5.32 Å². The Morgan fingerprint density at radius 3 is 2.32 bits per heavy atom. The lowest BCUT2D eigenvalue weighted by molar-refractivity contribution is -0.204.